The first-order valence-electron chi connectivity index (χ1n) is 11.6. The zero-order valence-corrected chi connectivity index (χ0v) is 20.7. The van der Waals surface area contributed by atoms with E-state index in [0.717, 1.165) is 5.56 Å². The number of nitrogens with one attached hydrogen (secondary N) is 1. The van der Waals surface area contributed by atoms with E-state index < -0.39 is 12.0 Å². The summed E-state index contributed by atoms with van der Waals surface area (Å²) in [6.45, 7) is 5.95. The van der Waals surface area contributed by atoms with Crippen LogP contribution in [0.4, 0.5) is 4.79 Å². The summed E-state index contributed by atoms with van der Waals surface area (Å²) >= 11 is 6.05. The van der Waals surface area contributed by atoms with Crippen LogP contribution in [0, 0.1) is 0 Å². The van der Waals surface area contributed by atoms with Crippen molar-refractivity contribution in [3.05, 3.63) is 70.3 Å². The number of hydrogen-bond acceptors (Lipinski definition) is 6. The normalized spacial score (nSPS) is 21.2. The van der Waals surface area contributed by atoms with Crippen LogP contribution in [0.2, 0.25) is 5.02 Å². The third kappa shape index (κ3) is 5.21. The second-order valence-electron chi connectivity index (χ2n) is 8.63. The van der Waals surface area contributed by atoms with Gasteiger partial charge in [-0.2, -0.15) is 0 Å². The minimum absolute atomic E-state index is 0.0808. The topological polar surface area (TPSA) is 95.3 Å². The fourth-order valence-electron chi connectivity index (χ4n) is 4.54. The molecule has 1 saturated heterocycles. The van der Waals surface area contributed by atoms with Crippen molar-refractivity contribution >= 4 is 29.5 Å². The van der Waals surface area contributed by atoms with Crippen LogP contribution < -0.4 is 5.32 Å². The van der Waals surface area contributed by atoms with Gasteiger partial charge in [-0.1, -0.05) is 23.7 Å². The van der Waals surface area contributed by atoms with Crippen molar-refractivity contribution in [1.82, 2.24) is 20.0 Å². The Kier molecular flexibility index (Phi) is 7.47. The van der Waals surface area contributed by atoms with Gasteiger partial charge in [0.15, 0.2) is 5.76 Å². The van der Waals surface area contributed by atoms with Gasteiger partial charge in [0.25, 0.3) is 5.91 Å². The molecule has 0 bridgehead atoms. The Balaban J connectivity index is 1.61. The lowest BCUT2D eigenvalue weighted by molar-refractivity contribution is -0.139. The first-order chi connectivity index (χ1) is 16.8. The van der Waals surface area contributed by atoms with E-state index in [4.69, 9.17) is 20.8 Å². The van der Waals surface area contributed by atoms with E-state index in [1.807, 2.05) is 6.92 Å². The Morgan fingerprint density at radius 1 is 1.20 bits per heavy atom. The van der Waals surface area contributed by atoms with Gasteiger partial charge in [-0.25, -0.2) is 9.59 Å². The summed E-state index contributed by atoms with van der Waals surface area (Å²) < 4.78 is 10.7. The number of carbonyl (C=O) groups is 3. The summed E-state index contributed by atoms with van der Waals surface area (Å²) in [7, 11) is 1.64. The first-order valence-corrected chi connectivity index (χ1v) is 11.9. The van der Waals surface area contributed by atoms with Crippen molar-refractivity contribution in [2.75, 3.05) is 39.8 Å². The molecule has 3 heterocycles. The van der Waals surface area contributed by atoms with Crippen LogP contribution in [-0.4, -0.2) is 78.5 Å². The van der Waals surface area contributed by atoms with Crippen molar-refractivity contribution in [3.63, 3.8) is 0 Å². The molecule has 3 amide bonds. The fraction of sp³-hybridized carbons (Fsp3) is 0.400. The Hall–Kier alpha value is -3.30. The largest absolute Gasteiger partial charge is 0.463 e. The minimum atomic E-state index is -0.663. The van der Waals surface area contributed by atoms with Gasteiger partial charge >= 0.3 is 12.0 Å². The highest BCUT2D eigenvalue weighted by Crippen LogP contribution is 2.32. The Bertz CT molecular complexity index is 1120. The van der Waals surface area contributed by atoms with Crippen molar-refractivity contribution in [2.45, 2.75) is 25.9 Å². The van der Waals surface area contributed by atoms with Gasteiger partial charge in [-0.05, 0) is 43.7 Å². The number of nitrogens with zero attached hydrogens (tertiary/aromatic N) is 3. The number of amides is 3. The molecule has 2 aromatic rings. The molecule has 35 heavy (non-hydrogen) atoms. The van der Waals surface area contributed by atoms with Crippen molar-refractivity contribution in [1.29, 1.82) is 0 Å². The molecule has 0 radical (unpaired) electrons. The van der Waals surface area contributed by atoms with E-state index in [1.165, 1.54) is 11.2 Å². The standard InChI is InChI=1S/C25H29ClN4O5/c1-4-34-24(32)21-19(28(3)25(33)27-22(21)17-7-9-18(26)10-8-17)15-29-11-12-30(16(2)14-29)23(31)20-6-5-13-35-20/h5-10,13,16,22H,4,11-12,14-15H2,1-3H3,(H,27,33)/t16-,22+/m1/s1. The Labute approximate surface area is 209 Å². The van der Waals surface area contributed by atoms with Gasteiger partial charge in [0.1, 0.15) is 0 Å². The highest BCUT2D eigenvalue weighted by atomic mass is 35.5. The monoisotopic (exact) mass is 500 g/mol. The van der Waals surface area contributed by atoms with Crippen LogP contribution in [0.15, 0.2) is 58.3 Å². The molecule has 1 aromatic heterocycles. The van der Waals surface area contributed by atoms with Crippen LogP contribution in [0.25, 0.3) is 0 Å². The second-order valence-corrected chi connectivity index (χ2v) is 9.07. The molecule has 0 saturated carbocycles. The number of benzene rings is 1. The molecule has 0 aliphatic carbocycles. The van der Waals surface area contributed by atoms with Crippen LogP contribution in [0.1, 0.15) is 36.0 Å². The molecular formula is C25H29ClN4O5. The lowest BCUT2D eigenvalue weighted by Crippen LogP contribution is -2.56. The molecule has 2 atom stereocenters. The zero-order valence-electron chi connectivity index (χ0n) is 20.0. The number of furan rings is 1. The molecular weight excluding hydrogens is 472 g/mol. The first kappa shape index (κ1) is 24.8. The molecule has 1 aromatic carbocycles. The predicted octanol–water partition coefficient (Wildman–Crippen LogP) is 3.29. The molecule has 1 N–H and O–H groups in total. The average molecular weight is 501 g/mol. The van der Waals surface area contributed by atoms with Crippen LogP contribution in [0.5, 0.6) is 0 Å². The summed E-state index contributed by atoms with van der Waals surface area (Å²) in [5, 5.41) is 3.47. The maximum atomic E-state index is 13.1. The van der Waals surface area contributed by atoms with Crippen LogP contribution >= 0.6 is 11.6 Å². The van der Waals surface area contributed by atoms with Crippen molar-refractivity contribution in [3.8, 4) is 0 Å². The van der Waals surface area contributed by atoms with Gasteiger partial charge in [0, 0.05) is 50.0 Å². The quantitative estimate of drug-likeness (QED) is 0.611. The lowest BCUT2D eigenvalue weighted by atomic mass is 9.94. The Morgan fingerprint density at radius 3 is 2.57 bits per heavy atom. The van der Waals surface area contributed by atoms with Crippen molar-refractivity contribution < 1.29 is 23.5 Å². The Morgan fingerprint density at radius 2 is 1.94 bits per heavy atom. The number of ether oxygens (including phenoxy) is 1. The van der Waals surface area contributed by atoms with Gasteiger partial charge in [0.05, 0.1) is 24.5 Å². The van der Waals surface area contributed by atoms with E-state index in [2.05, 4.69) is 10.2 Å². The molecule has 10 heteroatoms. The minimum Gasteiger partial charge on any atom is -0.463 e. The third-order valence-corrected chi connectivity index (χ3v) is 6.61. The number of carbonyl (C=O) groups excluding carboxylic acids is 3. The van der Waals surface area contributed by atoms with E-state index in [9.17, 15) is 14.4 Å². The van der Waals surface area contributed by atoms with E-state index >= 15 is 0 Å². The zero-order chi connectivity index (χ0) is 25.1. The molecule has 2 aliphatic rings. The number of piperazine rings is 1. The highest BCUT2D eigenvalue weighted by Gasteiger charge is 2.38. The number of rotatable bonds is 6. The van der Waals surface area contributed by atoms with Gasteiger partial charge < -0.3 is 19.4 Å². The number of hydrogen-bond donors (Lipinski definition) is 1. The summed E-state index contributed by atoms with van der Waals surface area (Å²) in [6, 6.07) is 9.32. The second kappa shape index (κ2) is 10.5. The molecule has 2 aliphatic heterocycles. The highest BCUT2D eigenvalue weighted by molar-refractivity contribution is 6.30. The van der Waals surface area contributed by atoms with E-state index in [1.54, 1.807) is 55.3 Å². The molecule has 1 fully saturated rings. The average Bonchev–Trinajstić information content (AvgIpc) is 3.37. The number of likely N-dealkylation sites (N-methyl/N-ethyl adjacent to an activating group) is 1. The van der Waals surface area contributed by atoms with Gasteiger partial charge in [-0.3, -0.25) is 14.6 Å². The van der Waals surface area contributed by atoms with Gasteiger partial charge in [-0.15, -0.1) is 0 Å². The maximum absolute atomic E-state index is 13.1. The van der Waals surface area contributed by atoms with Crippen LogP contribution in [-0.2, 0) is 9.53 Å². The summed E-state index contributed by atoms with van der Waals surface area (Å²) in [6.07, 6.45) is 1.48. The fourth-order valence-corrected chi connectivity index (χ4v) is 4.66. The lowest BCUT2D eigenvalue weighted by Gasteiger charge is -2.42. The van der Waals surface area contributed by atoms with Crippen molar-refractivity contribution in [2.24, 2.45) is 0 Å². The molecule has 4 rings (SSSR count). The molecule has 0 spiro atoms. The molecule has 9 nitrogen and oxygen atoms in total. The number of halogens is 1. The van der Waals surface area contributed by atoms with E-state index in [0.29, 0.717) is 48.2 Å². The summed E-state index contributed by atoms with van der Waals surface area (Å²) in [5.41, 5.74) is 1.70. The predicted molar refractivity (Wildman–Crippen MR) is 130 cm³/mol. The molecule has 186 valence electrons. The van der Waals surface area contributed by atoms with Gasteiger partial charge in [0.2, 0.25) is 0 Å². The summed E-state index contributed by atoms with van der Waals surface area (Å²) in [5.74, 6) is -0.313. The van der Waals surface area contributed by atoms with E-state index in [-0.39, 0.29) is 24.6 Å². The van der Waals surface area contributed by atoms with Crippen LogP contribution in [0.3, 0.4) is 0 Å². The number of urea groups is 1. The maximum Gasteiger partial charge on any atom is 0.338 e. The third-order valence-electron chi connectivity index (χ3n) is 6.35. The smallest absolute Gasteiger partial charge is 0.338 e. The SMILES string of the molecule is CCOC(=O)C1=C(CN2CCN(C(=O)c3ccco3)[C@H](C)C2)N(C)C(=O)N[C@H]1c1ccc(Cl)cc1. The summed E-state index contributed by atoms with van der Waals surface area (Å²) in [4.78, 5) is 44.2. The number of esters is 1. The molecule has 0 unspecified atom stereocenters.